The monoisotopic (exact) mass is 264 g/mol. The molecule has 0 fully saturated rings. The van der Waals surface area contributed by atoms with E-state index < -0.39 is 30.8 Å². The summed E-state index contributed by atoms with van der Waals surface area (Å²) in [6.45, 7) is 3.52. The summed E-state index contributed by atoms with van der Waals surface area (Å²) in [5.41, 5.74) is 0. The molecule has 0 aromatic heterocycles. The first-order chi connectivity index (χ1) is 8.52. The molecule has 2 atom stereocenters. The number of carboxylic acid groups (broad SMARTS) is 2. The average Bonchev–Trinajstić information content (AvgIpc) is 2.28. The third-order valence-corrected chi connectivity index (χ3v) is 1.97. The molecule has 0 saturated heterocycles. The van der Waals surface area contributed by atoms with E-state index in [9.17, 15) is 9.59 Å². The highest BCUT2D eigenvalue weighted by Crippen LogP contribution is 2.07. The predicted octanol–water partition coefficient (Wildman–Crippen LogP) is 0.373. The fourth-order valence-electron chi connectivity index (χ4n) is 1.28. The highest BCUT2D eigenvalue weighted by molar-refractivity contribution is 5.73. The molecule has 0 saturated carbocycles. The van der Waals surface area contributed by atoms with Crippen LogP contribution in [0.1, 0.15) is 20.3 Å². The lowest BCUT2D eigenvalue weighted by molar-refractivity contribution is -0.167. The van der Waals surface area contributed by atoms with E-state index in [1.54, 1.807) is 6.92 Å². The fourth-order valence-corrected chi connectivity index (χ4v) is 1.28. The lowest BCUT2D eigenvalue weighted by Crippen LogP contribution is -2.42. The number of rotatable bonds is 11. The second-order valence-electron chi connectivity index (χ2n) is 3.53. The fraction of sp³-hybridized carbons (Fsp3) is 0.818. The summed E-state index contributed by atoms with van der Waals surface area (Å²) in [7, 11) is 0. The van der Waals surface area contributed by atoms with Gasteiger partial charge in [-0.3, -0.25) is 0 Å². The van der Waals surface area contributed by atoms with Crippen molar-refractivity contribution >= 4 is 11.9 Å². The number of hydrogen-bond donors (Lipinski definition) is 2. The van der Waals surface area contributed by atoms with Crippen LogP contribution in [0, 0.1) is 0 Å². The van der Waals surface area contributed by atoms with E-state index in [0.717, 1.165) is 0 Å². The number of carbonyl (C=O) groups is 2. The molecule has 0 amide bonds. The van der Waals surface area contributed by atoms with Crippen LogP contribution in [0.3, 0.4) is 0 Å². The lowest BCUT2D eigenvalue weighted by atomic mass is 10.2. The lowest BCUT2D eigenvalue weighted by Gasteiger charge is -2.23. The first-order valence-corrected chi connectivity index (χ1v) is 5.78. The molecule has 0 aliphatic heterocycles. The van der Waals surface area contributed by atoms with E-state index in [-0.39, 0.29) is 6.61 Å². The Hall–Kier alpha value is -1.18. The third-order valence-electron chi connectivity index (χ3n) is 1.97. The Bertz CT molecular complexity index is 254. The van der Waals surface area contributed by atoms with Crippen molar-refractivity contribution in [3.05, 3.63) is 0 Å². The van der Waals surface area contributed by atoms with Crippen LogP contribution in [-0.4, -0.2) is 60.8 Å². The minimum atomic E-state index is -1.15. The molecule has 0 heterocycles. The van der Waals surface area contributed by atoms with Crippen molar-refractivity contribution in [2.75, 3.05) is 26.4 Å². The molecule has 0 bridgehead atoms. The molecular formula is C11H20O7. The Kier molecular flexibility index (Phi) is 9.17. The molecule has 106 valence electrons. The Morgan fingerprint density at radius 2 is 1.83 bits per heavy atom. The maximum absolute atomic E-state index is 11.0. The van der Waals surface area contributed by atoms with E-state index in [1.807, 2.05) is 6.92 Å². The first kappa shape index (κ1) is 16.8. The maximum Gasteiger partial charge on any atom is 0.335 e. The highest BCUT2D eigenvalue weighted by atomic mass is 16.6. The van der Waals surface area contributed by atoms with Crippen molar-refractivity contribution in [3.63, 3.8) is 0 Å². The Balaban J connectivity index is 4.38. The van der Waals surface area contributed by atoms with Crippen LogP contribution in [0.25, 0.3) is 0 Å². The van der Waals surface area contributed by atoms with Gasteiger partial charge in [-0.2, -0.15) is 0 Å². The van der Waals surface area contributed by atoms with Crippen molar-refractivity contribution in [1.29, 1.82) is 0 Å². The smallest absolute Gasteiger partial charge is 0.335 e. The van der Waals surface area contributed by atoms with Crippen LogP contribution in [0.15, 0.2) is 0 Å². The van der Waals surface area contributed by atoms with Crippen molar-refractivity contribution in [2.45, 2.75) is 32.5 Å². The molecule has 7 nitrogen and oxygen atoms in total. The van der Waals surface area contributed by atoms with Gasteiger partial charge in [-0.1, -0.05) is 6.92 Å². The van der Waals surface area contributed by atoms with Gasteiger partial charge < -0.3 is 24.4 Å². The summed E-state index contributed by atoms with van der Waals surface area (Å²) in [5, 5.41) is 17.5. The summed E-state index contributed by atoms with van der Waals surface area (Å²) >= 11 is 0. The average molecular weight is 264 g/mol. The molecule has 0 radical (unpaired) electrons. The molecule has 2 unspecified atom stereocenters. The SMILES string of the molecule is CCCOC(C(=O)O)C(COCC(=O)O)OCC. The van der Waals surface area contributed by atoms with Crippen LogP contribution in [0.2, 0.25) is 0 Å². The molecule has 0 aliphatic carbocycles. The normalized spacial score (nSPS) is 14.1. The van der Waals surface area contributed by atoms with E-state index in [4.69, 9.17) is 24.4 Å². The van der Waals surface area contributed by atoms with Crippen molar-refractivity contribution in [3.8, 4) is 0 Å². The van der Waals surface area contributed by atoms with Gasteiger partial charge in [0, 0.05) is 13.2 Å². The van der Waals surface area contributed by atoms with Gasteiger partial charge in [-0.05, 0) is 13.3 Å². The Morgan fingerprint density at radius 1 is 1.17 bits per heavy atom. The maximum atomic E-state index is 11.0. The standard InChI is InChI=1S/C11H20O7/c1-3-5-18-10(11(14)15)8(17-4-2)6-16-7-9(12)13/h8,10H,3-7H2,1-2H3,(H,12,13)(H,14,15). The molecule has 2 N–H and O–H groups in total. The zero-order valence-corrected chi connectivity index (χ0v) is 10.6. The zero-order valence-electron chi connectivity index (χ0n) is 10.6. The first-order valence-electron chi connectivity index (χ1n) is 5.78. The molecule has 0 aliphatic rings. The van der Waals surface area contributed by atoms with Crippen LogP contribution >= 0.6 is 0 Å². The molecule has 18 heavy (non-hydrogen) atoms. The van der Waals surface area contributed by atoms with Gasteiger partial charge in [0.1, 0.15) is 12.7 Å². The van der Waals surface area contributed by atoms with Gasteiger partial charge in [0.2, 0.25) is 0 Å². The van der Waals surface area contributed by atoms with E-state index >= 15 is 0 Å². The number of carboxylic acids is 2. The molecule has 0 spiro atoms. The second-order valence-corrected chi connectivity index (χ2v) is 3.53. The van der Waals surface area contributed by atoms with E-state index in [0.29, 0.717) is 19.6 Å². The van der Waals surface area contributed by atoms with Crippen LogP contribution in [0.5, 0.6) is 0 Å². The second kappa shape index (κ2) is 9.81. The van der Waals surface area contributed by atoms with Gasteiger partial charge in [0.05, 0.1) is 6.61 Å². The van der Waals surface area contributed by atoms with Crippen molar-refractivity contribution in [2.24, 2.45) is 0 Å². The van der Waals surface area contributed by atoms with Crippen LogP contribution in [-0.2, 0) is 23.8 Å². The summed E-state index contributed by atoms with van der Waals surface area (Å²) in [6.07, 6.45) is -1.30. The predicted molar refractivity (Wildman–Crippen MR) is 61.5 cm³/mol. The van der Waals surface area contributed by atoms with Crippen LogP contribution in [0.4, 0.5) is 0 Å². The zero-order chi connectivity index (χ0) is 14.0. The minimum Gasteiger partial charge on any atom is -0.480 e. The Morgan fingerprint density at radius 3 is 2.28 bits per heavy atom. The summed E-state index contributed by atoms with van der Waals surface area (Å²) in [5.74, 6) is -2.27. The van der Waals surface area contributed by atoms with Crippen molar-refractivity contribution < 1.29 is 34.0 Å². The molecule has 7 heteroatoms. The van der Waals surface area contributed by atoms with Gasteiger partial charge in [0.15, 0.2) is 6.10 Å². The van der Waals surface area contributed by atoms with Crippen LogP contribution < -0.4 is 0 Å². The summed E-state index contributed by atoms with van der Waals surface area (Å²) < 4.78 is 15.2. The molecule has 0 aromatic rings. The highest BCUT2D eigenvalue weighted by Gasteiger charge is 2.29. The van der Waals surface area contributed by atoms with Crippen molar-refractivity contribution in [1.82, 2.24) is 0 Å². The quantitative estimate of drug-likeness (QED) is 0.556. The van der Waals surface area contributed by atoms with E-state index in [2.05, 4.69) is 0 Å². The summed E-state index contributed by atoms with van der Waals surface area (Å²) in [4.78, 5) is 21.3. The number of hydrogen-bond acceptors (Lipinski definition) is 5. The minimum absolute atomic E-state index is 0.138. The van der Waals surface area contributed by atoms with E-state index in [1.165, 1.54) is 0 Å². The molecular weight excluding hydrogens is 244 g/mol. The van der Waals surface area contributed by atoms with Gasteiger partial charge in [-0.25, -0.2) is 9.59 Å². The van der Waals surface area contributed by atoms with Gasteiger partial charge >= 0.3 is 11.9 Å². The topological polar surface area (TPSA) is 102 Å². The van der Waals surface area contributed by atoms with Gasteiger partial charge in [0.25, 0.3) is 0 Å². The number of ether oxygens (including phenoxy) is 3. The number of aliphatic carboxylic acids is 2. The van der Waals surface area contributed by atoms with Gasteiger partial charge in [-0.15, -0.1) is 0 Å². The largest absolute Gasteiger partial charge is 0.480 e. The Labute approximate surface area is 106 Å². The molecule has 0 rings (SSSR count). The summed E-state index contributed by atoms with van der Waals surface area (Å²) in [6, 6.07) is 0. The third kappa shape index (κ3) is 7.21. The molecule has 0 aromatic carbocycles.